The molecule has 0 aliphatic carbocycles. The van der Waals surface area contributed by atoms with Crippen molar-refractivity contribution in [3.63, 3.8) is 0 Å². The van der Waals surface area contributed by atoms with E-state index in [-0.39, 0.29) is 32.2 Å². The normalized spacial score (nSPS) is 12.9. The van der Waals surface area contributed by atoms with Gasteiger partial charge in [0.1, 0.15) is 13.2 Å². The molecular formula is C58H110NO8+. The van der Waals surface area contributed by atoms with Crippen molar-refractivity contribution in [2.45, 2.75) is 283 Å². The zero-order valence-electron chi connectivity index (χ0n) is 44.8. The third-order valence-electron chi connectivity index (χ3n) is 12.7. The molecule has 67 heavy (non-hydrogen) atoms. The van der Waals surface area contributed by atoms with Gasteiger partial charge in [-0.3, -0.25) is 9.59 Å². The van der Waals surface area contributed by atoms with Gasteiger partial charge in [0.2, 0.25) is 0 Å². The fourth-order valence-electron chi connectivity index (χ4n) is 8.24. The Kier molecular flexibility index (Phi) is 48.5. The second-order valence-corrected chi connectivity index (χ2v) is 20.6. The van der Waals surface area contributed by atoms with Gasteiger partial charge in [-0.15, -0.1) is 0 Å². The predicted octanol–water partition coefficient (Wildman–Crippen LogP) is 16.3. The van der Waals surface area contributed by atoms with Gasteiger partial charge in [-0.25, -0.2) is 4.79 Å². The summed E-state index contributed by atoms with van der Waals surface area (Å²) in [5.74, 6) is -1.99. The van der Waals surface area contributed by atoms with Crippen LogP contribution in [0.15, 0.2) is 24.3 Å². The summed E-state index contributed by atoms with van der Waals surface area (Å²) in [4.78, 5) is 37.4. The topological polar surface area (TPSA) is 108 Å². The molecule has 2 atom stereocenters. The number of carboxylic acids is 1. The number of unbranched alkanes of at least 4 members (excludes halogenated alkanes) is 34. The first-order valence-corrected chi connectivity index (χ1v) is 28.5. The van der Waals surface area contributed by atoms with Crippen molar-refractivity contribution in [2.75, 3.05) is 47.5 Å². The summed E-state index contributed by atoms with van der Waals surface area (Å²) in [6, 6.07) is 0. The van der Waals surface area contributed by atoms with Crippen molar-refractivity contribution in [2.24, 2.45) is 0 Å². The molecule has 0 aromatic heterocycles. The summed E-state index contributed by atoms with van der Waals surface area (Å²) >= 11 is 0. The van der Waals surface area contributed by atoms with Crippen LogP contribution in [0.4, 0.5) is 0 Å². The summed E-state index contributed by atoms with van der Waals surface area (Å²) < 4.78 is 22.9. The van der Waals surface area contributed by atoms with Crippen LogP contribution in [0, 0.1) is 0 Å². The van der Waals surface area contributed by atoms with Crippen LogP contribution in [-0.4, -0.2) is 87.4 Å². The molecular weight excluding hydrogens is 839 g/mol. The number of allylic oxidation sites excluding steroid dienone is 4. The van der Waals surface area contributed by atoms with E-state index in [0.717, 1.165) is 38.5 Å². The lowest BCUT2D eigenvalue weighted by Crippen LogP contribution is -2.40. The maximum absolute atomic E-state index is 12.9. The molecule has 0 aliphatic heterocycles. The van der Waals surface area contributed by atoms with Gasteiger partial charge in [0.15, 0.2) is 6.10 Å². The SMILES string of the molecule is CCCCCCCC/C=C\CCCCCCCCCC(=O)OCC(COC(OCC[N+](C)(C)C)C(=O)O)OC(=O)CCCCCCCCCCCCCCC/C=C\CCCCCCCCCC. The highest BCUT2D eigenvalue weighted by atomic mass is 16.7. The smallest absolute Gasteiger partial charge is 0.361 e. The Hall–Kier alpha value is -2.23. The maximum atomic E-state index is 12.9. The van der Waals surface area contributed by atoms with Gasteiger partial charge in [0, 0.05) is 12.8 Å². The molecule has 9 nitrogen and oxygen atoms in total. The highest BCUT2D eigenvalue weighted by molar-refractivity contribution is 5.71. The van der Waals surface area contributed by atoms with Gasteiger partial charge in [-0.05, 0) is 64.2 Å². The number of carbonyl (C=O) groups is 3. The number of hydrogen-bond donors (Lipinski definition) is 1. The number of nitrogens with zero attached hydrogens (tertiary/aromatic N) is 1. The molecule has 0 saturated heterocycles. The summed E-state index contributed by atoms with van der Waals surface area (Å²) in [6.07, 6.45) is 55.4. The van der Waals surface area contributed by atoms with E-state index in [2.05, 4.69) is 38.2 Å². The van der Waals surface area contributed by atoms with Crippen molar-refractivity contribution in [3.05, 3.63) is 24.3 Å². The Morgan fingerprint density at radius 3 is 1.10 bits per heavy atom. The molecule has 394 valence electrons. The zero-order chi connectivity index (χ0) is 49.2. The average Bonchev–Trinajstić information content (AvgIpc) is 3.29. The number of hydrogen-bond acceptors (Lipinski definition) is 7. The van der Waals surface area contributed by atoms with Crippen LogP contribution in [0.3, 0.4) is 0 Å². The number of esters is 2. The quantitative estimate of drug-likeness (QED) is 0.0211. The molecule has 0 heterocycles. The molecule has 0 rings (SSSR count). The molecule has 2 unspecified atom stereocenters. The van der Waals surface area contributed by atoms with Crippen molar-refractivity contribution in [1.82, 2.24) is 0 Å². The lowest BCUT2D eigenvalue weighted by atomic mass is 10.0. The van der Waals surface area contributed by atoms with Crippen LogP contribution in [-0.2, 0) is 33.3 Å². The Morgan fingerprint density at radius 2 is 0.761 bits per heavy atom. The lowest BCUT2D eigenvalue weighted by Gasteiger charge is -2.25. The monoisotopic (exact) mass is 949 g/mol. The fourth-order valence-corrected chi connectivity index (χ4v) is 8.24. The minimum Gasteiger partial charge on any atom is -0.477 e. The maximum Gasteiger partial charge on any atom is 0.361 e. The standard InChI is InChI=1S/C58H109NO8/c1-6-8-10-12-14-16-18-20-22-24-25-26-27-28-29-30-31-33-35-37-39-41-43-45-47-49-56(61)67-54(53-66-58(57(62)63)64-51-50-59(3,4)5)52-65-55(60)48-46-44-42-40-38-36-34-32-23-21-19-17-15-13-11-9-7-2/h21,23-25,54,58H,6-20,22,26-53H2,1-5H3/p+1/b23-21-,25-24-. The van der Waals surface area contributed by atoms with Crippen LogP contribution in [0.25, 0.3) is 0 Å². The number of carboxylic acid groups (broad SMARTS) is 1. The molecule has 0 aromatic carbocycles. The molecule has 0 amide bonds. The number of aliphatic carboxylic acids is 1. The third-order valence-corrected chi connectivity index (χ3v) is 12.7. The number of ether oxygens (including phenoxy) is 4. The second kappa shape index (κ2) is 50.2. The van der Waals surface area contributed by atoms with E-state index in [4.69, 9.17) is 18.9 Å². The van der Waals surface area contributed by atoms with Crippen LogP contribution in [0.1, 0.15) is 271 Å². The van der Waals surface area contributed by atoms with Crippen molar-refractivity contribution in [3.8, 4) is 0 Å². The first-order valence-electron chi connectivity index (χ1n) is 28.5. The highest BCUT2D eigenvalue weighted by Crippen LogP contribution is 2.16. The first kappa shape index (κ1) is 64.8. The van der Waals surface area contributed by atoms with Gasteiger partial charge in [-0.2, -0.15) is 0 Å². The van der Waals surface area contributed by atoms with Gasteiger partial charge in [-0.1, -0.05) is 218 Å². The largest absolute Gasteiger partial charge is 0.477 e. The minimum absolute atomic E-state index is 0.180. The van der Waals surface area contributed by atoms with Gasteiger partial charge >= 0.3 is 17.9 Å². The third kappa shape index (κ3) is 51.4. The Morgan fingerprint density at radius 1 is 0.433 bits per heavy atom. The van der Waals surface area contributed by atoms with Crippen molar-refractivity contribution < 1.29 is 42.9 Å². The first-order chi connectivity index (χ1) is 32.6. The Balaban J connectivity index is 4.22. The lowest BCUT2D eigenvalue weighted by molar-refractivity contribution is -0.870. The number of likely N-dealkylation sites (N-methyl/N-ethyl adjacent to an activating group) is 1. The van der Waals surface area contributed by atoms with E-state index in [9.17, 15) is 19.5 Å². The van der Waals surface area contributed by atoms with Crippen molar-refractivity contribution >= 4 is 17.9 Å². The number of rotatable bonds is 53. The van der Waals surface area contributed by atoms with Crippen LogP contribution >= 0.6 is 0 Å². The number of carbonyl (C=O) groups excluding carboxylic acids is 2. The summed E-state index contributed by atoms with van der Waals surface area (Å²) in [5, 5.41) is 9.69. The van der Waals surface area contributed by atoms with Gasteiger partial charge < -0.3 is 28.5 Å². The van der Waals surface area contributed by atoms with E-state index >= 15 is 0 Å². The van der Waals surface area contributed by atoms with Crippen LogP contribution in [0.5, 0.6) is 0 Å². The number of quaternary nitrogens is 1. The van der Waals surface area contributed by atoms with E-state index in [1.54, 1.807) is 0 Å². The predicted molar refractivity (Wildman–Crippen MR) is 281 cm³/mol. The van der Waals surface area contributed by atoms with E-state index in [1.165, 1.54) is 205 Å². The molecule has 0 radical (unpaired) electrons. The average molecular weight is 950 g/mol. The summed E-state index contributed by atoms with van der Waals surface area (Å²) in [7, 11) is 5.97. The van der Waals surface area contributed by atoms with Gasteiger partial charge in [0.05, 0.1) is 34.4 Å². The van der Waals surface area contributed by atoms with E-state index < -0.39 is 24.3 Å². The molecule has 0 saturated carbocycles. The summed E-state index contributed by atoms with van der Waals surface area (Å²) in [5.41, 5.74) is 0. The van der Waals surface area contributed by atoms with Crippen LogP contribution < -0.4 is 0 Å². The van der Waals surface area contributed by atoms with Crippen LogP contribution in [0.2, 0.25) is 0 Å². The zero-order valence-corrected chi connectivity index (χ0v) is 44.8. The Labute approximate surface area is 414 Å². The molecule has 0 aromatic rings. The molecule has 0 aliphatic rings. The molecule has 1 N–H and O–H groups in total. The summed E-state index contributed by atoms with van der Waals surface area (Å²) in [6.45, 7) is 4.90. The van der Waals surface area contributed by atoms with Gasteiger partial charge in [0.25, 0.3) is 6.29 Å². The van der Waals surface area contributed by atoms with Crippen molar-refractivity contribution in [1.29, 1.82) is 0 Å². The second-order valence-electron chi connectivity index (χ2n) is 20.6. The molecule has 0 bridgehead atoms. The van der Waals surface area contributed by atoms with E-state index in [0.29, 0.717) is 17.4 Å². The molecule has 9 heteroatoms. The highest BCUT2D eigenvalue weighted by Gasteiger charge is 2.25. The Bertz CT molecular complexity index is 1150. The molecule has 0 fully saturated rings. The van der Waals surface area contributed by atoms with E-state index in [1.807, 2.05) is 21.1 Å². The minimum atomic E-state index is -1.51. The fraction of sp³-hybridized carbons (Fsp3) is 0.879. The molecule has 0 spiro atoms.